The highest BCUT2D eigenvalue weighted by Gasteiger charge is 2.18. The summed E-state index contributed by atoms with van der Waals surface area (Å²) in [5.74, 6) is 0.471. The van der Waals surface area contributed by atoms with Crippen LogP contribution in [0.25, 0.3) is 6.08 Å². The van der Waals surface area contributed by atoms with Gasteiger partial charge in [-0.15, -0.1) is 11.3 Å². The third-order valence-electron chi connectivity index (χ3n) is 3.04. The van der Waals surface area contributed by atoms with Crippen molar-refractivity contribution < 1.29 is 22.7 Å². The number of carbonyl (C=O) groups is 1. The fourth-order valence-corrected chi connectivity index (χ4v) is 4.42. The van der Waals surface area contributed by atoms with Gasteiger partial charge in [-0.05, 0) is 35.9 Å². The summed E-state index contributed by atoms with van der Waals surface area (Å²) in [6.07, 6.45) is 2.63. The van der Waals surface area contributed by atoms with Gasteiger partial charge in [0.15, 0.2) is 11.5 Å². The van der Waals surface area contributed by atoms with Crippen LogP contribution in [0.4, 0.5) is 0 Å². The molecule has 1 aromatic carbocycles. The van der Waals surface area contributed by atoms with Crippen molar-refractivity contribution in [2.75, 3.05) is 13.2 Å². The molecule has 0 aliphatic carbocycles. The number of thiophene rings is 1. The van der Waals surface area contributed by atoms with Gasteiger partial charge in [0.1, 0.15) is 17.4 Å². The monoisotopic (exact) mass is 385 g/mol. The van der Waals surface area contributed by atoms with Crippen LogP contribution < -0.4 is 14.2 Å². The van der Waals surface area contributed by atoms with E-state index >= 15 is 0 Å². The van der Waals surface area contributed by atoms with Gasteiger partial charge in [-0.2, -0.15) is 0 Å². The average molecular weight is 386 g/mol. The molecule has 9 heteroatoms. The maximum Gasteiger partial charge on any atom is 0.273 e. The molecule has 1 aliphatic heterocycles. The summed E-state index contributed by atoms with van der Waals surface area (Å²) in [5, 5.41) is 0. The zero-order chi connectivity index (χ0) is 17.2. The van der Waals surface area contributed by atoms with Crippen LogP contribution in [0.1, 0.15) is 5.56 Å². The number of rotatable bonds is 4. The smallest absolute Gasteiger partial charge is 0.273 e. The minimum absolute atomic E-state index is 0.0198. The van der Waals surface area contributed by atoms with E-state index in [1.165, 1.54) is 18.2 Å². The van der Waals surface area contributed by atoms with Crippen molar-refractivity contribution in [3.63, 3.8) is 0 Å². The number of sulfonamides is 1. The molecule has 0 fully saturated rings. The second-order valence-electron chi connectivity index (χ2n) is 4.76. The zero-order valence-corrected chi connectivity index (χ0v) is 14.6. The Balaban J connectivity index is 1.69. The summed E-state index contributed by atoms with van der Waals surface area (Å²) in [4.78, 5) is 11.8. The van der Waals surface area contributed by atoms with Gasteiger partial charge in [-0.3, -0.25) is 4.79 Å². The van der Waals surface area contributed by atoms with Crippen LogP contribution in [0.2, 0.25) is 4.34 Å². The van der Waals surface area contributed by atoms with Gasteiger partial charge in [0.05, 0.1) is 4.34 Å². The van der Waals surface area contributed by atoms with E-state index in [-0.39, 0.29) is 4.21 Å². The summed E-state index contributed by atoms with van der Waals surface area (Å²) in [6.45, 7) is 0.956. The third-order valence-corrected chi connectivity index (χ3v) is 6.11. The van der Waals surface area contributed by atoms with Crippen LogP contribution in [0.3, 0.4) is 0 Å². The third kappa shape index (κ3) is 3.89. The van der Waals surface area contributed by atoms with E-state index in [4.69, 9.17) is 21.1 Å². The summed E-state index contributed by atoms with van der Waals surface area (Å²) in [5.41, 5.74) is 0.686. The Labute approximate surface area is 147 Å². The van der Waals surface area contributed by atoms with Crippen LogP contribution in [-0.4, -0.2) is 27.5 Å². The first-order valence-corrected chi connectivity index (χ1v) is 9.52. The second-order valence-corrected chi connectivity index (χ2v) is 8.39. The maximum atomic E-state index is 12.0. The molecule has 3 rings (SSSR count). The van der Waals surface area contributed by atoms with Gasteiger partial charge in [-0.25, -0.2) is 13.1 Å². The van der Waals surface area contributed by atoms with Crippen LogP contribution >= 0.6 is 22.9 Å². The zero-order valence-electron chi connectivity index (χ0n) is 12.2. The maximum absolute atomic E-state index is 12.0. The Morgan fingerprint density at radius 2 is 1.92 bits per heavy atom. The molecule has 0 bridgehead atoms. The van der Waals surface area contributed by atoms with Crippen LogP contribution in [0, 0.1) is 0 Å². The van der Waals surface area contributed by atoms with Crippen molar-refractivity contribution in [3.8, 4) is 11.5 Å². The molecule has 126 valence electrons. The average Bonchev–Trinajstić information content (AvgIpc) is 3.00. The number of nitrogens with one attached hydrogen (secondary N) is 1. The van der Waals surface area contributed by atoms with E-state index in [0.717, 1.165) is 17.4 Å². The minimum Gasteiger partial charge on any atom is -0.486 e. The number of ether oxygens (including phenoxy) is 2. The fourth-order valence-electron chi connectivity index (χ4n) is 1.99. The van der Waals surface area contributed by atoms with E-state index in [1.807, 2.05) is 4.72 Å². The lowest BCUT2D eigenvalue weighted by molar-refractivity contribution is -0.114. The lowest BCUT2D eigenvalue weighted by Gasteiger charge is -2.18. The summed E-state index contributed by atoms with van der Waals surface area (Å²) < 4.78 is 37.1. The topological polar surface area (TPSA) is 81.7 Å². The molecule has 24 heavy (non-hydrogen) atoms. The second kappa shape index (κ2) is 6.84. The van der Waals surface area contributed by atoms with Gasteiger partial charge < -0.3 is 9.47 Å². The first kappa shape index (κ1) is 16.8. The summed E-state index contributed by atoms with van der Waals surface area (Å²) in [6, 6.07) is 7.98. The fraction of sp³-hybridized carbons (Fsp3) is 0.133. The SMILES string of the molecule is O=C(/C=C/c1ccc2c(c1)OCCO2)NS(=O)(=O)c1ccc(Cl)s1. The standard InChI is InChI=1S/C15H12ClNO5S2/c16-13-4-6-15(23-13)24(19,20)17-14(18)5-2-10-1-3-11-12(9-10)22-8-7-21-11/h1-6,9H,7-8H2,(H,17,18)/b5-2+. The Bertz CT molecular complexity index is 904. The molecule has 2 heterocycles. The van der Waals surface area contributed by atoms with Crippen LogP contribution in [-0.2, 0) is 14.8 Å². The number of hydrogen-bond donors (Lipinski definition) is 1. The minimum atomic E-state index is -3.92. The van der Waals surface area contributed by atoms with E-state index in [0.29, 0.717) is 34.6 Å². The van der Waals surface area contributed by atoms with Gasteiger partial charge in [0.2, 0.25) is 0 Å². The molecule has 0 saturated heterocycles. The molecule has 1 N–H and O–H groups in total. The van der Waals surface area contributed by atoms with Crippen molar-refractivity contribution in [1.82, 2.24) is 4.72 Å². The number of halogens is 1. The molecular formula is C15H12ClNO5S2. The Hall–Kier alpha value is -2.03. The molecule has 1 aliphatic rings. The van der Waals surface area contributed by atoms with Crippen molar-refractivity contribution in [2.45, 2.75) is 4.21 Å². The predicted molar refractivity (Wildman–Crippen MR) is 91.1 cm³/mol. The molecule has 1 aromatic heterocycles. The predicted octanol–water partition coefficient (Wildman–Crippen LogP) is 2.69. The molecule has 0 unspecified atom stereocenters. The van der Waals surface area contributed by atoms with Gasteiger partial charge in [0.25, 0.3) is 15.9 Å². The quantitative estimate of drug-likeness (QED) is 0.818. The van der Waals surface area contributed by atoms with Crippen molar-refractivity contribution in [1.29, 1.82) is 0 Å². The highest BCUT2D eigenvalue weighted by Crippen LogP contribution is 2.31. The van der Waals surface area contributed by atoms with Crippen LogP contribution in [0.5, 0.6) is 11.5 Å². The Kier molecular flexibility index (Phi) is 4.79. The number of hydrogen-bond acceptors (Lipinski definition) is 6. The van der Waals surface area contributed by atoms with Gasteiger partial charge in [-0.1, -0.05) is 17.7 Å². The van der Waals surface area contributed by atoms with E-state index in [2.05, 4.69) is 0 Å². The van der Waals surface area contributed by atoms with E-state index in [9.17, 15) is 13.2 Å². The van der Waals surface area contributed by atoms with E-state index in [1.54, 1.807) is 18.2 Å². The molecule has 0 radical (unpaired) electrons. The molecule has 0 saturated carbocycles. The lowest BCUT2D eigenvalue weighted by Crippen LogP contribution is -2.28. The van der Waals surface area contributed by atoms with Gasteiger partial charge in [0, 0.05) is 6.08 Å². The molecular weight excluding hydrogens is 374 g/mol. The number of carbonyl (C=O) groups excluding carboxylic acids is 1. The highest BCUT2D eigenvalue weighted by atomic mass is 35.5. The van der Waals surface area contributed by atoms with Crippen molar-refractivity contribution in [2.24, 2.45) is 0 Å². The van der Waals surface area contributed by atoms with Crippen molar-refractivity contribution in [3.05, 3.63) is 46.3 Å². The molecule has 6 nitrogen and oxygen atoms in total. The Morgan fingerprint density at radius 3 is 2.62 bits per heavy atom. The first-order chi connectivity index (χ1) is 11.4. The largest absolute Gasteiger partial charge is 0.486 e. The van der Waals surface area contributed by atoms with E-state index < -0.39 is 15.9 Å². The highest BCUT2D eigenvalue weighted by molar-refractivity contribution is 7.92. The summed E-state index contributed by atoms with van der Waals surface area (Å²) in [7, 11) is -3.92. The molecule has 0 spiro atoms. The molecule has 2 aromatic rings. The van der Waals surface area contributed by atoms with Crippen LogP contribution in [0.15, 0.2) is 40.6 Å². The lowest BCUT2D eigenvalue weighted by atomic mass is 10.2. The van der Waals surface area contributed by atoms with Gasteiger partial charge >= 0.3 is 0 Å². The molecule has 1 amide bonds. The summed E-state index contributed by atoms with van der Waals surface area (Å²) >= 11 is 6.58. The Morgan fingerprint density at radius 1 is 1.17 bits per heavy atom. The van der Waals surface area contributed by atoms with Crippen molar-refractivity contribution >= 4 is 44.9 Å². The molecule has 0 atom stereocenters. The number of benzene rings is 1. The number of fused-ring (bicyclic) bond motifs is 1. The number of amides is 1. The first-order valence-electron chi connectivity index (χ1n) is 6.84. The normalized spacial score (nSPS) is 13.9.